The van der Waals surface area contributed by atoms with Crippen molar-refractivity contribution in [2.24, 2.45) is 5.73 Å². The molecule has 0 rings (SSSR count). The molecular weight excluding hydrogens is 358 g/mol. The van der Waals surface area contributed by atoms with E-state index in [-0.39, 0.29) is 5.91 Å². The summed E-state index contributed by atoms with van der Waals surface area (Å²) < 4.78 is 0. The van der Waals surface area contributed by atoms with E-state index >= 15 is 0 Å². The Kier molecular flexibility index (Phi) is 24.4. The summed E-state index contributed by atoms with van der Waals surface area (Å²) in [5.74, 6) is 0.214. The molecule has 0 aromatic carbocycles. The van der Waals surface area contributed by atoms with Gasteiger partial charge in [-0.3, -0.25) is 4.79 Å². The second kappa shape index (κ2) is 25.2. The molecule has 0 unspecified atom stereocenters. The minimum atomic E-state index is 0.214. The van der Waals surface area contributed by atoms with Crippen molar-refractivity contribution in [2.75, 3.05) is 26.2 Å². The van der Waals surface area contributed by atoms with Gasteiger partial charge in [0.05, 0.1) is 0 Å². The van der Waals surface area contributed by atoms with Gasteiger partial charge in [-0.15, -0.1) is 0 Å². The highest BCUT2D eigenvalue weighted by Crippen LogP contribution is 2.09. The van der Waals surface area contributed by atoms with E-state index in [0.29, 0.717) is 6.42 Å². The average Bonchev–Trinajstić information content (AvgIpc) is 2.72. The Morgan fingerprint density at radius 3 is 1.93 bits per heavy atom. The van der Waals surface area contributed by atoms with Gasteiger partial charge in [-0.2, -0.15) is 0 Å². The number of carbonyl (C=O) groups is 1. The van der Waals surface area contributed by atoms with Crippen LogP contribution < -0.4 is 16.4 Å². The van der Waals surface area contributed by atoms with Crippen molar-refractivity contribution in [3.8, 4) is 0 Å². The molecule has 0 spiro atoms. The zero-order valence-electron chi connectivity index (χ0n) is 19.5. The normalized spacial score (nSPS) is 11.4. The van der Waals surface area contributed by atoms with Crippen molar-refractivity contribution < 1.29 is 4.79 Å². The van der Waals surface area contributed by atoms with Gasteiger partial charge >= 0.3 is 0 Å². The number of nitrogens with two attached hydrogens (primary N) is 1. The Hall–Kier alpha value is -0.870. The number of amides is 1. The third-order valence-electron chi connectivity index (χ3n) is 5.33. The van der Waals surface area contributed by atoms with E-state index in [1.54, 1.807) is 0 Å². The van der Waals surface area contributed by atoms with Crippen molar-refractivity contribution in [1.82, 2.24) is 10.6 Å². The Bertz CT molecular complexity index is 358. The summed E-state index contributed by atoms with van der Waals surface area (Å²) in [5.41, 5.74) is 5.46. The molecule has 4 nitrogen and oxygen atoms in total. The average molecular weight is 410 g/mol. The molecule has 0 aliphatic rings. The molecule has 0 saturated carbocycles. The first-order valence-electron chi connectivity index (χ1n) is 12.6. The van der Waals surface area contributed by atoms with Crippen molar-refractivity contribution >= 4 is 5.91 Å². The standard InChI is InChI=1S/C25H51N3O/c1-2-3-4-5-6-7-8-9-10-11-12-13-14-15-16-20-25(29)28-24-19-23-27-22-18-17-21-26/h9-10,27H,2-8,11-24,26H2,1H3,(H,28,29)/b10-9+. The Balaban J connectivity index is 3.19. The van der Waals surface area contributed by atoms with Crippen LogP contribution in [0, 0.1) is 0 Å². The fraction of sp³-hybridized carbons (Fsp3) is 0.880. The molecule has 0 radical (unpaired) electrons. The van der Waals surface area contributed by atoms with Gasteiger partial charge in [-0.05, 0) is 71.0 Å². The lowest BCUT2D eigenvalue weighted by Crippen LogP contribution is -2.27. The Labute approximate surface area is 181 Å². The number of allylic oxidation sites excluding steroid dienone is 2. The van der Waals surface area contributed by atoms with Crippen LogP contribution in [0.4, 0.5) is 0 Å². The van der Waals surface area contributed by atoms with Crippen LogP contribution in [0.3, 0.4) is 0 Å². The second-order valence-electron chi connectivity index (χ2n) is 8.28. The zero-order valence-corrected chi connectivity index (χ0v) is 19.5. The van der Waals surface area contributed by atoms with E-state index in [1.807, 2.05) is 0 Å². The number of hydrogen-bond acceptors (Lipinski definition) is 3. The van der Waals surface area contributed by atoms with Gasteiger partial charge in [0, 0.05) is 13.0 Å². The third-order valence-corrected chi connectivity index (χ3v) is 5.33. The summed E-state index contributed by atoms with van der Waals surface area (Å²) in [4.78, 5) is 11.8. The van der Waals surface area contributed by atoms with E-state index < -0.39 is 0 Å². The van der Waals surface area contributed by atoms with Crippen molar-refractivity contribution in [2.45, 2.75) is 116 Å². The Morgan fingerprint density at radius 2 is 1.28 bits per heavy atom. The molecule has 0 aromatic rings. The Morgan fingerprint density at radius 1 is 0.690 bits per heavy atom. The molecule has 0 aliphatic carbocycles. The van der Waals surface area contributed by atoms with Crippen LogP contribution in [0.2, 0.25) is 0 Å². The maximum absolute atomic E-state index is 11.8. The summed E-state index contributed by atoms with van der Waals surface area (Å²) >= 11 is 0. The van der Waals surface area contributed by atoms with Gasteiger partial charge in [0.25, 0.3) is 0 Å². The lowest BCUT2D eigenvalue weighted by Gasteiger charge is -2.06. The highest BCUT2D eigenvalue weighted by Gasteiger charge is 2.00. The van der Waals surface area contributed by atoms with Crippen LogP contribution in [0.15, 0.2) is 12.2 Å². The molecule has 0 heterocycles. The molecule has 29 heavy (non-hydrogen) atoms. The fourth-order valence-corrected chi connectivity index (χ4v) is 3.41. The lowest BCUT2D eigenvalue weighted by atomic mass is 10.1. The molecule has 1 amide bonds. The van der Waals surface area contributed by atoms with Gasteiger partial charge in [-0.25, -0.2) is 0 Å². The summed E-state index contributed by atoms with van der Waals surface area (Å²) in [6, 6.07) is 0. The molecule has 0 saturated heterocycles. The smallest absolute Gasteiger partial charge is 0.219 e. The molecule has 4 heteroatoms. The van der Waals surface area contributed by atoms with Crippen molar-refractivity contribution in [3.63, 3.8) is 0 Å². The molecule has 0 fully saturated rings. The summed E-state index contributed by atoms with van der Waals surface area (Å²) in [6.45, 7) is 5.83. The number of nitrogens with one attached hydrogen (secondary N) is 2. The largest absolute Gasteiger partial charge is 0.356 e. The van der Waals surface area contributed by atoms with Crippen molar-refractivity contribution in [1.29, 1.82) is 0 Å². The maximum Gasteiger partial charge on any atom is 0.219 e. The minimum absolute atomic E-state index is 0.214. The van der Waals surface area contributed by atoms with Gasteiger partial charge in [0.15, 0.2) is 0 Å². The molecule has 0 bridgehead atoms. The minimum Gasteiger partial charge on any atom is -0.356 e. The van der Waals surface area contributed by atoms with Crippen molar-refractivity contribution in [3.05, 3.63) is 12.2 Å². The highest BCUT2D eigenvalue weighted by atomic mass is 16.1. The predicted molar refractivity (Wildman–Crippen MR) is 128 cm³/mol. The van der Waals surface area contributed by atoms with Crippen LogP contribution in [0.1, 0.15) is 116 Å². The van der Waals surface area contributed by atoms with E-state index in [0.717, 1.165) is 51.9 Å². The topological polar surface area (TPSA) is 67.2 Å². The molecule has 0 aromatic heterocycles. The van der Waals surface area contributed by atoms with E-state index in [9.17, 15) is 4.79 Å². The van der Waals surface area contributed by atoms with Crippen LogP contribution >= 0.6 is 0 Å². The molecule has 0 atom stereocenters. The SMILES string of the molecule is CCCCCCCC/C=C/CCCCCCCC(=O)NCCCNCCCCN. The second-order valence-corrected chi connectivity index (χ2v) is 8.28. The first-order chi connectivity index (χ1) is 14.3. The van der Waals surface area contributed by atoms with Crippen LogP contribution in [-0.4, -0.2) is 32.1 Å². The summed E-state index contributed by atoms with van der Waals surface area (Å²) in [7, 11) is 0. The van der Waals surface area contributed by atoms with E-state index in [1.165, 1.54) is 77.0 Å². The highest BCUT2D eigenvalue weighted by molar-refractivity contribution is 5.75. The number of hydrogen-bond donors (Lipinski definition) is 3. The monoisotopic (exact) mass is 409 g/mol. The molecule has 172 valence electrons. The van der Waals surface area contributed by atoms with Gasteiger partial charge in [0.2, 0.25) is 5.91 Å². The number of unbranched alkanes of at least 4 members (excludes halogenated alkanes) is 12. The molecule has 4 N–H and O–H groups in total. The van der Waals surface area contributed by atoms with Gasteiger partial charge < -0.3 is 16.4 Å². The molecular formula is C25H51N3O. The third kappa shape index (κ3) is 25.1. The van der Waals surface area contributed by atoms with E-state index in [4.69, 9.17) is 5.73 Å². The lowest BCUT2D eigenvalue weighted by molar-refractivity contribution is -0.121. The number of rotatable bonds is 23. The number of carbonyl (C=O) groups excluding carboxylic acids is 1. The van der Waals surface area contributed by atoms with Crippen LogP contribution in [0.25, 0.3) is 0 Å². The first kappa shape index (κ1) is 28.1. The van der Waals surface area contributed by atoms with E-state index in [2.05, 4.69) is 29.7 Å². The quantitative estimate of drug-likeness (QED) is 0.146. The molecule has 0 aliphatic heterocycles. The zero-order chi connectivity index (χ0) is 21.3. The van der Waals surface area contributed by atoms with Crippen LogP contribution in [0.5, 0.6) is 0 Å². The summed E-state index contributed by atoms with van der Waals surface area (Å²) in [6.07, 6.45) is 25.5. The van der Waals surface area contributed by atoms with Gasteiger partial charge in [-0.1, -0.05) is 70.4 Å². The van der Waals surface area contributed by atoms with Crippen LogP contribution in [-0.2, 0) is 4.79 Å². The predicted octanol–water partition coefficient (Wildman–Crippen LogP) is 5.86. The van der Waals surface area contributed by atoms with Gasteiger partial charge in [0.1, 0.15) is 0 Å². The first-order valence-corrected chi connectivity index (χ1v) is 12.6. The summed E-state index contributed by atoms with van der Waals surface area (Å²) in [5, 5.41) is 6.41. The maximum atomic E-state index is 11.8. The fourth-order valence-electron chi connectivity index (χ4n) is 3.41.